The first-order valence-corrected chi connectivity index (χ1v) is 6.40. The first-order chi connectivity index (χ1) is 8.91. The van der Waals surface area contributed by atoms with E-state index in [9.17, 15) is 19.5 Å². The lowest BCUT2D eigenvalue weighted by Crippen LogP contribution is -2.57. The lowest BCUT2D eigenvalue weighted by molar-refractivity contribution is -0.144. The van der Waals surface area contributed by atoms with Crippen molar-refractivity contribution < 1.29 is 24.2 Å². The summed E-state index contributed by atoms with van der Waals surface area (Å²) in [5.74, 6) is -1.59. The van der Waals surface area contributed by atoms with E-state index < -0.39 is 29.6 Å². The van der Waals surface area contributed by atoms with Gasteiger partial charge in [-0.1, -0.05) is 12.8 Å². The zero-order valence-electron chi connectivity index (χ0n) is 11.2. The fourth-order valence-electron chi connectivity index (χ4n) is 2.15. The van der Waals surface area contributed by atoms with Crippen molar-refractivity contribution in [1.29, 1.82) is 0 Å². The Labute approximate surface area is 111 Å². The average molecular weight is 272 g/mol. The number of carbonyl (C=O) groups is 3. The first-order valence-electron chi connectivity index (χ1n) is 6.40. The molecule has 1 saturated carbocycles. The number of hydrogen-bond donors (Lipinski definition) is 3. The molecule has 1 fully saturated rings. The van der Waals surface area contributed by atoms with Gasteiger partial charge in [0.25, 0.3) is 0 Å². The number of rotatable bonds is 5. The quantitative estimate of drug-likeness (QED) is 0.637. The second-order valence-electron chi connectivity index (χ2n) is 4.67. The average Bonchev–Trinajstić information content (AvgIpc) is 2.78. The highest BCUT2D eigenvalue weighted by Crippen LogP contribution is 2.29. The molecule has 0 radical (unpaired) electrons. The maximum Gasteiger partial charge on any atom is 0.329 e. The molecule has 19 heavy (non-hydrogen) atoms. The van der Waals surface area contributed by atoms with Gasteiger partial charge in [0.05, 0.1) is 6.61 Å². The maximum absolute atomic E-state index is 11.7. The standard InChI is InChI=1S/C12H20N2O5/c1-3-19-9(15)8(2)13-11(18)14-12(10(16)17)6-4-5-7-12/h8H,3-7H2,1-2H3,(H,16,17)(H2,13,14,18). The number of urea groups is 1. The summed E-state index contributed by atoms with van der Waals surface area (Å²) in [6.07, 6.45) is 2.34. The summed E-state index contributed by atoms with van der Waals surface area (Å²) in [7, 11) is 0. The van der Waals surface area contributed by atoms with Crippen LogP contribution in [0.15, 0.2) is 0 Å². The molecule has 0 heterocycles. The molecule has 7 heteroatoms. The number of carbonyl (C=O) groups excluding carboxylic acids is 2. The van der Waals surface area contributed by atoms with Crippen molar-refractivity contribution >= 4 is 18.0 Å². The highest BCUT2D eigenvalue weighted by molar-refractivity contribution is 5.88. The van der Waals surface area contributed by atoms with Gasteiger partial charge in [-0.25, -0.2) is 14.4 Å². The molecule has 0 spiro atoms. The largest absolute Gasteiger partial charge is 0.480 e. The summed E-state index contributed by atoms with van der Waals surface area (Å²) in [5, 5.41) is 14.1. The lowest BCUT2D eigenvalue weighted by atomic mass is 9.98. The van der Waals surface area contributed by atoms with Gasteiger partial charge in [-0.05, 0) is 26.7 Å². The minimum absolute atomic E-state index is 0.228. The van der Waals surface area contributed by atoms with E-state index in [1.807, 2.05) is 0 Å². The van der Waals surface area contributed by atoms with E-state index in [4.69, 9.17) is 4.74 Å². The van der Waals surface area contributed by atoms with E-state index in [1.165, 1.54) is 6.92 Å². The van der Waals surface area contributed by atoms with Gasteiger partial charge in [-0.3, -0.25) is 0 Å². The monoisotopic (exact) mass is 272 g/mol. The molecule has 7 nitrogen and oxygen atoms in total. The van der Waals surface area contributed by atoms with E-state index in [2.05, 4.69) is 10.6 Å². The van der Waals surface area contributed by atoms with Crippen LogP contribution in [-0.4, -0.2) is 41.3 Å². The minimum atomic E-state index is -1.21. The zero-order valence-corrected chi connectivity index (χ0v) is 11.2. The van der Waals surface area contributed by atoms with Gasteiger partial charge in [-0.2, -0.15) is 0 Å². The van der Waals surface area contributed by atoms with Crippen LogP contribution in [0.1, 0.15) is 39.5 Å². The maximum atomic E-state index is 11.7. The van der Waals surface area contributed by atoms with Crippen LogP contribution in [0.4, 0.5) is 4.79 Å². The van der Waals surface area contributed by atoms with Crippen LogP contribution >= 0.6 is 0 Å². The predicted molar refractivity (Wildman–Crippen MR) is 66.6 cm³/mol. The van der Waals surface area contributed by atoms with Crippen LogP contribution < -0.4 is 10.6 Å². The van der Waals surface area contributed by atoms with Crippen molar-refractivity contribution in [2.75, 3.05) is 6.61 Å². The Morgan fingerprint density at radius 2 is 1.89 bits per heavy atom. The van der Waals surface area contributed by atoms with E-state index in [1.54, 1.807) is 6.92 Å². The Morgan fingerprint density at radius 3 is 2.37 bits per heavy atom. The molecule has 0 saturated heterocycles. The topological polar surface area (TPSA) is 105 Å². The normalized spacial score (nSPS) is 18.4. The fourth-order valence-corrected chi connectivity index (χ4v) is 2.15. The Bertz CT molecular complexity index is 363. The molecule has 1 rings (SSSR count). The number of esters is 1. The molecule has 2 amide bonds. The SMILES string of the molecule is CCOC(=O)C(C)NC(=O)NC1(C(=O)O)CCCC1. The van der Waals surface area contributed by atoms with Crippen LogP contribution in [0, 0.1) is 0 Å². The summed E-state index contributed by atoms with van der Waals surface area (Å²) < 4.78 is 4.75. The molecule has 1 unspecified atom stereocenters. The lowest BCUT2D eigenvalue weighted by Gasteiger charge is -2.26. The van der Waals surface area contributed by atoms with E-state index in [0.717, 1.165) is 12.8 Å². The summed E-state index contributed by atoms with van der Waals surface area (Å²) in [5.41, 5.74) is -1.21. The van der Waals surface area contributed by atoms with Gasteiger partial charge in [0.15, 0.2) is 0 Å². The van der Waals surface area contributed by atoms with Crippen LogP contribution in [0.25, 0.3) is 0 Å². The van der Waals surface area contributed by atoms with Crippen molar-refractivity contribution in [1.82, 2.24) is 10.6 Å². The van der Waals surface area contributed by atoms with Gasteiger partial charge in [0.1, 0.15) is 11.6 Å². The molecule has 0 aromatic rings. The van der Waals surface area contributed by atoms with Gasteiger partial charge in [0.2, 0.25) is 0 Å². The van der Waals surface area contributed by atoms with E-state index >= 15 is 0 Å². The fraction of sp³-hybridized carbons (Fsp3) is 0.750. The van der Waals surface area contributed by atoms with Crippen LogP contribution in [0.3, 0.4) is 0 Å². The Balaban J connectivity index is 2.54. The molecule has 0 aromatic carbocycles. The Morgan fingerprint density at radius 1 is 1.32 bits per heavy atom. The second-order valence-corrected chi connectivity index (χ2v) is 4.67. The third kappa shape index (κ3) is 3.84. The van der Waals surface area contributed by atoms with Crippen LogP contribution in [-0.2, 0) is 14.3 Å². The van der Waals surface area contributed by atoms with E-state index in [0.29, 0.717) is 12.8 Å². The number of aliphatic carboxylic acids is 1. The number of ether oxygens (including phenoxy) is 1. The first kappa shape index (κ1) is 15.3. The third-order valence-electron chi connectivity index (χ3n) is 3.21. The number of nitrogens with one attached hydrogen (secondary N) is 2. The van der Waals surface area contributed by atoms with Gasteiger partial charge >= 0.3 is 18.0 Å². The molecule has 0 aliphatic heterocycles. The smallest absolute Gasteiger partial charge is 0.329 e. The van der Waals surface area contributed by atoms with Gasteiger partial charge in [-0.15, -0.1) is 0 Å². The third-order valence-corrected chi connectivity index (χ3v) is 3.21. The minimum Gasteiger partial charge on any atom is -0.480 e. The second kappa shape index (κ2) is 6.40. The molecule has 3 N–H and O–H groups in total. The van der Waals surface area contributed by atoms with Gasteiger partial charge in [0, 0.05) is 0 Å². The molecular formula is C12H20N2O5. The molecular weight excluding hydrogens is 252 g/mol. The van der Waals surface area contributed by atoms with Crippen molar-refractivity contribution in [3.63, 3.8) is 0 Å². The number of carboxylic acid groups (broad SMARTS) is 1. The number of hydrogen-bond acceptors (Lipinski definition) is 4. The van der Waals surface area contributed by atoms with Crippen LogP contribution in [0.2, 0.25) is 0 Å². The summed E-state index contributed by atoms with van der Waals surface area (Å²) >= 11 is 0. The molecule has 0 bridgehead atoms. The predicted octanol–water partition coefficient (Wildman–Crippen LogP) is 0.635. The number of carboxylic acids is 1. The number of amides is 2. The summed E-state index contributed by atoms with van der Waals surface area (Å²) in [4.78, 5) is 34.3. The molecule has 1 aliphatic carbocycles. The summed E-state index contributed by atoms with van der Waals surface area (Å²) in [6.45, 7) is 3.38. The highest BCUT2D eigenvalue weighted by Gasteiger charge is 2.42. The van der Waals surface area contributed by atoms with Crippen molar-refractivity contribution in [3.05, 3.63) is 0 Å². The van der Waals surface area contributed by atoms with Gasteiger partial charge < -0.3 is 20.5 Å². The van der Waals surface area contributed by atoms with Crippen molar-refractivity contribution in [2.45, 2.75) is 51.1 Å². The summed E-state index contributed by atoms with van der Waals surface area (Å²) in [6, 6.07) is -1.47. The van der Waals surface area contributed by atoms with Crippen molar-refractivity contribution in [2.24, 2.45) is 0 Å². The van der Waals surface area contributed by atoms with Crippen molar-refractivity contribution in [3.8, 4) is 0 Å². The molecule has 1 atom stereocenters. The molecule has 0 aromatic heterocycles. The van der Waals surface area contributed by atoms with Crippen LogP contribution in [0.5, 0.6) is 0 Å². The molecule has 1 aliphatic rings. The Hall–Kier alpha value is -1.79. The zero-order chi connectivity index (χ0) is 14.5. The van der Waals surface area contributed by atoms with E-state index in [-0.39, 0.29) is 6.61 Å². The highest BCUT2D eigenvalue weighted by atomic mass is 16.5. The molecule has 108 valence electrons. The Kier molecular flexibility index (Phi) is 5.14.